The Kier molecular flexibility index (Phi) is 4.85. The maximum absolute atomic E-state index is 11.8. The predicted molar refractivity (Wildman–Crippen MR) is 87.8 cm³/mol. The standard InChI is InChI=1S/C16H19ClN2O4/c1-16(2,3)23-15(22)19-13(14(20)21)6-9-8-18-12-5-4-10(17)7-11(9)12/h4-5,7-8,13,18H,6H2,1-3H3,(H,19,22)(H,20,21)/t13-/m1/s1. The molecule has 2 aromatic rings. The van der Waals surface area contributed by atoms with E-state index in [1.807, 2.05) is 6.07 Å². The predicted octanol–water partition coefficient (Wildman–Crippen LogP) is 3.34. The Labute approximate surface area is 138 Å². The molecule has 1 aromatic heterocycles. The van der Waals surface area contributed by atoms with Gasteiger partial charge in [0.15, 0.2) is 0 Å². The summed E-state index contributed by atoms with van der Waals surface area (Å²) in [5, 5.41) is 13.1. The van der Waals surface area contributed by atoms with Gasteiger partial charge in [0.25, 0.3) is 0 Å². The number of hydrogen-bond donors (Lipinski definition) is 3. The lowest BCUT2D eigenvalue weighted by Gasteiger charge is -2.22. The number of nitrogens with one attached hydrogen (secondary N) is 2. The molecule has 6 nitrogen and oxygen atoms in total. The molecule has 124 valence electrons. The molecule has 1 atom stereocenters. The quantitative estimate of drug-likeness (QED) is 0.797. The van der Waals surface area contributed by atoms with Gasteiger partial charge in [0.05, 0.1) is 0 Å². The van der Waals surface area contributed by atoms with Gasteiger partial charge in [-0.15, -0.1) is 0 Å². The van der Waals surface area contributed by atoms with E-state index in [1.54, 1.807) is 39.1 Å². The van der Waals surface area contributed by atoms with Gasteiger partial charge < -0.3 is 20.1 Å². The second-order valence-corrected chi connectivity index (χ2v) is 6.68. The van der Waals surface area contributed by atoms with Gasteiger partial charge in [0.1, 0.15) is 11.6 Å². The minimum absolute atomic E-state index is 0.120. The first-order valence-electron chi connectivity index (χ1n) is 7.13. The van der Waals surface area contributed by atoms with Crippen LogP contribution < -0.4 is 5.32 Å². The minimum atomic E-state index is -1.13. The molecule has 0 aliphatic rings. The van der Waals surface area contributed by atoms with Crippen molar-refractivity contribution in [1.29, 1.82) is 0 Å². The third-order valence-corrected chi connectivity index (χ3v) is 3.38. The van der Waals surface area contributed by atoms with Crippen molar-refractivity contribution in [2.45, 2.75) is 38.8 Å². The first-order chi connectivity index (χ1) is 10.7. The second kappa shape index (κ2) is 6.50. The van der Waals surface area contributed by atoms with Crippen molar-refractivity contribution in [3.63, 3.8) is 0 Å². The summed E-state index contributed by atoms with van der Waals surface area (Å²) in [7, 11) is 0. The highest BCUT2D eigenvalue weighted by Crippen LogP contribution is 2.23. The van der Waals surface area contributed by atoms with Gasteiger partial charge in [-0.1, -0.05) is 11.6 Å². The zero-order chi connectivity index (χ0) is 17.2. The number of aromatic amines is 1. The van der Waals surface area contributed by atoms with E-state index in [2.05, 4.69) is 10.3 Å². The molecular formula is C16H19ClN2O4. The average Bonchev–Trinajstić information content (AvgIpc) is 2.78. The number of H-pyrrole nitrogens is 1. The van der Waals surface area contributed by atoms with E-state index in [1.165, 1.54) is 0 Å². The van der Waals surface area contributed by atoms with Gasteiger partial charge in [0, 0.05) is 28.5 Å². The van der Waals surface area contributed by atoms with Crippen molar-refractivity contribution in [2.24, 2.45) is 0 Å². The van der Waals surface area contributed by atoms with E-state index >= 15 is 0 Å². The normalized spacial score (nSPS) is 12.9. The summed E-state index contributed by atoms with van der Waals surface area (Å²) in [5.74, 6) is -1.13. The van der Waals surface area contributed by atoms with E-state index in [0.717, 1.165) is 16.5 Å². The lowest BCUT2D eigenvalue weighted by atomic mass is 10.1. The first kappa shape index (κ1) is 17.1. The van der Waals surface area contributed by atoms with E-state index in [4.69, 9.17) is 16.3 Å². The van der Waals surface area contributed by atoms with Crippen LogP contribution in [0.2, 0.25) is 5.02 Å². The second-order valence-electron chi connectivity index (χ2n) is 6.24. The summed E-state index contributed by atoms with van der Waals surface area (Å²) in [6, 6.07) is 4.23. The van der Waals surface area contributed by atoms with Crippen molar-refractivity contribution in [1.82, 2.24) is 10.3 Å². The maximum Gasteiger partial charge on any atom is 0.408 e. The molecule has 0 spiro atoms. The van der Waals surface area contributed by atoms with Gasteiger partial charge in [-0.3, -0.25) is 0 Å². The summed E-state index contributed by atoms with van der Waals surface area (Å²) in [5.41, 5.74) is 0.915. The Balaban J connectivity index is 2.17. The van der Waals surface area contributed by atoms with Crippen LogP contribution in [0, 0.1) is 0 Å². The van der Waals surface area contributed by atoms with Crippen LogP contribution in [-0.2, 0) is 16.0 Å². The van der Waals surface area contributed by atoms with Gasteiger partial charge in [-0.05, 0) is 44.5 Å². The van der Waals surface area contributed by atoms with Gasteiger partial charge in [-0.25, -0.2) is 9.59 Å². The number of halogens is 1. The molecule has 23 heavy (non-hydrogen) atoms. The van der Waals surface area contributed by atoms with Gasteiger partial charge in [0.2, 0.25) is 0 Å². The van der Waals surface area contributed by atoms with Crippen LogP contribution in [0.3, 0.4) is 0 Å². The molecule has 2 rings (SSSR count). The third-order valence-electron chi connectivity index (χ3n) is 3.14. The number of carbonyl (C=O) groups excluding carboxylic acids is 1. The van der Waals surface area contributed by atoms with Crippen molar-refractivity contribution < 1.29 is 19.4 Å². The number of carboxylic acid groups (broad SMARTS) is 1. The van der Waals surface area contributed by atoms with E-state index in [9.17, 15) is 14.7 Å². The molecule has 0 aliphatic carbocycles. The Morgan fingerprint density at radius 2 is 2.09 bits per heavy atom. The Morgan fingerprint density at radius 3 is 2.70 bits per heavy atom. The SMILES string of the molecule is CC(C)(C)OC(=O)N[C@H](Cc1c[nH]c2ccc(Cl)cc12)C(=O)O. The number of benzene rings is 1. The Morgan fingerprint density at radius 1 is 1.39 bits per heavy atom. The number of hydrogen-bond acceptors (Lipinski definition) is 3. The number of alkyl carbamates (subject to hydrolysis) is 1. The van der Waals surface area contributed by atoms with Gasteiger partial charge in [-0.2, -0.15) is 0 Å². The number of rotatable bonds is 4. The molecule has 1 amide bonds. The molecule has 0 unspecified atom stereocenters. The van der Waals surface area contributed by atoms with Crippen LogP contribution in [0.15, 0.2) is 24.4 Å². The van der Waals surface area contributed by atoms with Crippen molar-refractivity contribution >= 4 is 34.6 Å². The topological polar surface area (TPSA) is 91.4 Å². The molecule has 0 saturated heterocycles. The molecule has 0 saturated carbocycles. The minimum Gasteiger partial charge on any atom is -0.480 e. The van der Waals surface area contributed by atoms with Crippen LogP contribution >= 0.6 is 11.6 Å². The molecule has 0 bridgehead atoms. The Bertz CT molecular complexity index is 733. The van der Waals surface area contributed by atoms with E-state index in [0.29, 0.717) is 5.02 Å². The highest BCUT2D eigenvalue weighted by molar-refractivity contribution is 6.31. The zero-order valence-corrected chi connectivity index (χ0v) is 13.9. The molecule has 0 radical (unpaired) electrons. The summed E-state index contributed by atoms with van der Waals surface area (Å²) >= 11 is 5.98. The summed E-state index contributed by atoms with van der Waals surface area (Å²) in [6.45, 7) is 5.14. The summed E-state index contributed by atoms with van der Waals surface area (Å²) < 4.78 is 5.10. The fourth-order valence-corrected chi connectivity index (χ4v) is 2.36. The largest absolute Gasteiger partial charge is 0.480 e. The number of carbonyl (C=O) groups is 2. The number of aliphatic carboxylic acids is 1. The van der Waals surface area contributed by atoms with Crippen molar-refractivity contribution in [3.8, 4) is 0 Å². The van der Waals surface area contributed by atoms with Crippen molar-refractivity contribution in [3.05, 3.63) is 35.0 Å². The maximum atomic E-state index is 11.8. The van der Waals surface area contributed by atoms with Crippen LogP contribution in [0.25, 0.3) is 10.9 Å². The van der Waals surface area contributed by atoms with E-state index in [-0.39, 0.29) is 6.42 Å². The number of amides is 1. The third kappa shape index (κ3) is 4.63. The average molecular weight is 339 g/mol. The van der Waals surface area contributed by atoms with Crippen LogP contribution in [0.5, 0.6) is 0 Å². The molecule has 0 fully saturated rings. The monoisotopic (exact) mass is 338 g/mol. The van der Waals surface area contributed by atoms with E-state index < -0.39 is 23.7 Å². The summed E-state index contributed by atoms with van der Waals surface area (Å²) in [6.07, 6.45) is 1.07. The first-order valence-corrected chi connectivity index (χ1v) is 7.51. The molecule has 3 N–H and O–H groups in total. The summed E-state index contributed by atoms with van der Waals surface area (Å²) in [4.78, 5) is 26.3. The van der Waals surface area contributed by atoms with Crippen LogP contribution in [0.1, 0.15) is 26.3 Å². The highest BCUT2D eigenvalue weighted by Gasteiger charge is 2.25. The fourth-order valence-electron chi connectivity index (χ4n) is 2.19. The Hall–Kier alpha value is -2.21. The smallest absolute Gasteiger partial charge is 0.408 e. The molecule has 0 aliphatic heterocycles. The van der Waals surface area contributed by atoms with Crippen molar-refractivity contribution in [2.75, 3.05) is 0 Å². The lowest BCUT2D eigenvalue weighted by Crippen LogP contribution is -2.44. The van der Waals surface area contributed by atoms with Crippen LogP contribution in [0.4, 0.5) is 4.79 Å². The highest BCUT2D eigenvalue weighted by atomic mass is 35.5. The number of ether oxygens (including phenoxy) is 1. The molecule has 7 heteroatoms. The number of aromatic nitrogens is 1. The van der Waals surface area contributed by atoms with Crippen LogP contribution in [-0.4, -0.2) is 33.8 Å². The molecular weight excluding hydrogens is 320 g/mol. The van der Waals surface area contributed by atoms with Gasteiger partial charge >= 0.3 is 12.1 Å². The fraction of sp³-hybridized carbons (Fsp3) is 0.375. The molecule has 1 aromatic carbocycles. The lowest BCUT2D eigenvalue weighted by molar-refractivity contribution is -0.139. The number of fused-ring (bicyclic) bond motifs is 1. The number of carboxylic acids is 1. The molecule has 1 heterocycles. The zero-order valence-electron chi connectivity index (χ0n) is 13.1.